The summed E-state index contributed by atoms with van der Waals surface area (Å²) < 4.78 is 5.52. The number of carboxylic acid groups (broad SMARTS) is 1. The lowest BCUT2D eigenvalue weighted by atomic mass is 10.3. The van der Waals surface area contributed by atoms with Gasteiger partial charge in [-0.25, -0.2) is 14.4 Å². The molecule has 24 heavy (non-hydrogen) atoms. The second kappa shape index (κ2) is 6.25. The molecule has 0 radical (unpaired) electrons. The number of fused-ring (bicyclic) bond motifs is 1. The Morgan fingerprint density at radius 3 is 2.83 bits per heavy atom. The Morgan fingerprint density at radius 2 is 2.21 bits per heavy atom. The Balaban J connectivity index is 1.82. The second-order valence-electron chi connectivity index (χ2n) is 5.82. The number of amides is 2. The van der Waals surface area contributed by atoms with E-state index in [-0.39, 0.29) is 17.7 Å². The van der Waals surface area contributed by atoms with Crippen LogP contribution in [-0.4, -0.2) is 55.2 Å². The lowest BCUT2D eigenvalue weighted by Crippen LogP contribution is -2.43. The van der Waals surface area contributed by atoms with Crippen LogP contribution in [0.2, 0.25) is 0 Å². The van der Waals surface area contributed by atoms with Crippen LogP contribution in [0.15, 0.2) is 21.3 Å². The maximum atomic E-state index is 12.3. The number of rotatable bonds is 3. The molecule has 1 unspecified atom stereocenters. The van der Waals surface area contributed by atoms with E-state index in [9.17, 15) is 14.4 Å². The summed E-state index contributed by atoms with van der Waals surface area (Å²) in [6, 6.07) is 2.70. The van der Waals surface area contributed by atoms with Crippen LogP contribution < -0.4 is 15.8 Å². The number of carboxylic acids is 1. The summed E-state index contributed by atoms with van der Waals surface area (Å²) in [6.45, 7) is 1.75. The standard InChI is InChI=1S/C15H17N3O5S/c1-17-4-3-8(7-17)16-15(22)18(2)12-6-10-11(24-12)5-9(13(19)20)14(21)23-10/h5-6,8H,3-4,7H2,1-2H3,(H,16,22)(H,19,20). The fourth-order valence-electron chi connectivity index (χ4n) is 2.64. The average molecular weight is 351 g/mol. The summed E-state index contributed by atoms with van der Waals surface area (Å²) in [5.74, 6) is -1.34. The van der Waals surface area contributed by atoms with Gasteiger partial charge in [-0.15, -0.1) is 11.3 Å². The predicted octanol–water partition coefficient (Wildman–Crippen LogP) is 1.40. The lowest BCUT2D eigenvalue weighted by molar-refractivity contribution is 0.0692. The lowest BCUT2D eigenvalue weighted by Gasteiger charge is -2.19. The van der Waals surface area contributed by atoms with Crippen LogP contribution in [0.25, 0.3) is 10.3 Å². The van der Waals surface area contributed by atoms with Gasteiger partial charge in [0.05, 0.1) is 4.70 Å². The number of nitrogens with one attached hydrogen (secondary N) is 1. The van der Waals surface area contributed by atoms with Crippen molar-refractivity contribution < 1.29 is 19.1 Å². The highest BCUT2D eigenvalue weighted by atomic mass is 32.1. The van der Waals surface area contributed by atoms with E-state index in [2.05, 4.69) is 10.2 Å². The van der Waals surface area contributed by atoms with Crippen molar-refractivity contribution in [2.24, 2.45) is 0 Å². The van der Waals surface area contributed by atoms with Crippen molar-refractivity contribution in [3.63, 3.8) is 0 Å². The molecule has 3 heterocycles. The number of likely N-dealkylation sites (N-methyl/N-ethyl adjacent to an activating group) is 1. The number of likely N-dealkylation sites (tertiary alicyclic amines) is 1. The summed E-state index contributed by atoms with van der Waals surface area (Å²) in [4.78, 5) is 38.5. The van der Waals surface area contributed by atoms with Gasteiger partial charge in [-0.2, -0.15) is 0 Å². The number of carbonyl (C=O) groups excluding carboxylic acids is 1. The molecular weight excluding hydrogens is 334 g/mol. The smallest absolute Gasteiger partial charge is 0.351 e. The number of aromatic carboxylic acids is 1. The van der Waals surface area contributed by atoms with Gasteiger partial charge >= 0.3 is 17.6 Å². The van der Waals surface area contributed by atoms with Crippen molar-refractivity contribution in [2.45, 2.75) is 12.5 Å². The van der Waals surface area contributed by atoms with Gasteiger partial charge in [-0.05, 0) is 26.1 Å². The van der Waals surface area contributed by atoms with Gasteiger partial charge in [-0.1, -0.05) is 0 Å². The van der Waals surface area contributed by atoms with E-state index in [4.69, 9.17) is 9.52 Å². The first-order chi connectivity index (χ1) is 11.3. The van der Waals surface area contributed by atoms with Gasteiger partial charge in [0.1, 0.15) is 10.6 Å². The minimum absolute atomic E-state index is 0.107. The molecule has 1 saturated heterocycles. The Kier molecular flexibility index (Phi) is 4.29. The topological polar surface area (TPSA) is 103 Å². The zero-order chi connectivity index (χ0) is 17.4. The highest BCUT2D eigenvalue weighted by Gasteiger charge is 2.24. The van der Waals surface area contributed by atoms with Crippen molar-refractivity contribution >= 4 is 38.6 Å². The van der Waals surface area contributed by atoms with Gasteiger partial charge in [-0.3, -0.25) is 4.90 Å². The van der Waals surface area contributed by atoms with Crippen LogP contribution in [0.3, 0.4) is 0 Å². The molecule has 3 rings (SSSR count). The normalized spacial score (nSPS) is 18.0. The average Bonchev–Trinajstić information content (AvgIpc) is 3.11. The Labute approximate surface area is 141 Å². The molecule has 0 aromatic carbocycles. The van der Waals surface area contributed by atoms with Crippen LogP contribution in [-0.2, 0) is 0 Å². The fourth-order valence-corrected chi connectivity index (χ4v) is 3.63. The number of nitrogens with zero attached hydrogens (tertiary/aromatic N) is 2. The van der Waals surface area contributed by atoms with Crippen LogP contribution in [0.1, 0.15) is 16.8 Å². The van der Waals surface area contributed by atoms with Gasteiger partial charge in [0.25, 0.3) is 0 Å². The molecule has 2 amide bonds. The fraction of sp³-hybridized carbons (Fsp3) is 0.400. The highest BCUT2D eigenvalue weighted by Crippen LogP contribution is 2.31. The van der Waals surface area contributed by atoms with Crippen LogP contribution in [0.5, 0.6) is 0 Å². The van der Waals surface area contributed by atoms with Gasteiger partial charge < -0.3 is 19.7 Å². The summed E-state index contributed by atoms with van der Waals surface area (Å²) >= 11 is 1.19. The maximum absolute atomic E-state index is 12.3. The van der Waals surface area contributed by atoms with Gasteiger partial charge in [0, 0.05) is 25.7 Å². The van der Waals surface area contributed by atoms with Crippen molar-refractivity contribution in [3.8, 4) is 0 Å². The van der Waals surface area contributed by atoms with Crippen molar-refractivity contribution in [1.29, 1.82) is 0 Å². The van der Waals surface area contributed by atoms with Crippen LogP contribution >= 0.6 is 11.3 Å². The number of anilines is 1. The Morgan fingerprint density at radius 1 is 1.46 bits per heavy atom. The SMILES string of the molecule is CN1CCC(NC(=O)N(C)c2cc3oc(=O)c(C(=O)O)cc3s2)C1. The number of thiophene rings is 1. The number of hydrogen-bond acceptors (Lipinski definition) is 6. The summed E-state index contributed by atoms with van der Waals surface area (Å²) in [6.07, 6.45) is 0.902. The molecule has 128 valence electrons. The van der Waals surface area contributed by atoms with Crippen LogP contribution in [0.4, 0.5) is 9.80 Å². The first kappa shape index (κ1) is 16.5. The minimum Gasteiger partial charge on any atom is -0.477 e. The van der Waals surface area contributed by atoms with E-state index >= 15 is 0 Å². The van der Waals surface area contributed by atoms with E-state index < -0.39 is 17.2 Å². The van der Waals surface area contributed by atoms with Crippen molar-refractivity contribution in [1.82, 2.24) is 10.2 Å². The Bertz CT molecular complexity index is 858. The monoisotopic (exact) mass is 351 g/mol. The van der Waals surface area contributed by atoms with E-state index in [1.807, 2.05) is 7.05 Å². The molecule has 0 aliphatic carbocycles. The third-order valence-corrected chi connectivity index (χ3v) is 5.13. The number of carbonyl (C=O) groups is 2. The number of urea groups is 1. The predicted molar refractivity (Wildman–Crippen MR) is 90.2 cm³/mol. The summed E-state index contributed by atoms with van der Waals surface area (Å²) in [7, 11) is 3.62. The zero-order valence-corrected chi connectivity index (χ0v) is 14.1. The molecule has 9 heteroatoms. The number of hydrogen-bond donors (Lipinski definition) is 2. The van der Waals surface area contributed by atoms with Crippen molar-refractivity contribution in [2.75, 3.05) is 32.1 Å². The third-order valence-electron chi connectivity index (χ3n) is 3.99. The molecule has 1 aliphatic rings. The second-order valence-corrected chi connectivity index (χ2v) is 6.88. The van der Waals surface area contributed by atoms with E-state index in [0.717, 1.165) is 19.5 Å². The van der Waals surface area contributed by atoms with E-state index in [1.165, 1.54) is 22.3 Å². The quantitative estimate of drug-likeness (QED) is 0.866. The van der Waals surface area contributed by atoms with Gasteiger partial charge in [0.2, 0.25) is 0 Å². The van der Waals surface area contributed by atoms with Crippen molar-refractivity contribution in [3.05, 3.63) is 28.1 Å². The molecule has 2 aromatic rings. The molecule has 0 saturated carbocycles. The zero-order valence-electron chi connectivity index (χ0n) is 13.2. The highest BCUT2D eigenvalue weighted by molar-refractivity contribution is 7.22. The molecule has 1 fully saturated rings. The first-order valence-electron chi connectivity index (χ1n) is 7.39. The molecule has 0 bridgehead atoms. The van der Waals surface area contributed by atoms with Gasteiger partial charge in [0.15, 0.2) is 5.58 Å². The van der Waals surface area contributed by atoms with E-state index in [0.29, 0.717) is 9.70 Å². The van der Waals surface area contributed by atoms with E-state index in [1.54, 1.807) is 13.1 Å². The summed E-state index contributed by atoms with van der Waals surface area (Å²) in [5.41, 5.74) is -1.05. The maximum Gasteiger partial charge on any atom is 0.351 e. The molecule has 0 spiro atoms. The largest absolute Gasteiger partial charge is 0.477 e. The van der Waals surface area contributed by atoms with Crippen LogP contribution in [0, 0.1) is 0 Å². The molecular formula is C15H17N3O5S. The first-order valence-corrected chi connectivity index (χ1v) is 8.20. The molecule has 1 aliphatic heterocycles. The molecule has 8 nitrogen and oxygen atoms in total. The summed E-state index contributed by atoms with van der Waals surface area (Å²) in [5, 5.41) is 12.5. The molecule has 2 N–H and O–H groups in total. The molecule has 2 aromatic heterocycles. The third kappa shape index (κ3) is 3.13. The minimum atomic E-state index is -1.34. The Hall–Kier alpha value is -2.39. The molecule has 1 atom stereocenters.